The minimum atomic E-state index is -1.11. The fourth-order valence-corrected chi connectivity index (χ4v) is 2.64. The van der Waals surface area contributed by atoms with Crippen LogP contribution in [-0.2, 0) is 4.74 Å². The zero-order valence-corrected chi connectivity index (χ0v) is 12.9. The summed E-state index contributed by atoms with van der Waals surface area (Å²) in [7, 11) is 2.05. The highest BCUT2D eigenvalue weighted by Gasteiger charge is 2.43. The number of nitriles is 1. The molecule has 3 rings (SSSR count). The molecule has 0 aromatic heterocycles. The maximum Gasteiger partial charge on any atom is 0.313 e. The quantitative estimate of drug-likeness (QED) is 0.604. The highest BCUT2D eigenvalue weighted by Crippen LogP contribution is 2.35. The number of nitrogens with zero attached hydrogens (tertiary/aromatic N) is 4. The summed E-state index contributed by atoms with van der Waals surface area (Å²) < 4.78 is 10.6. The van der Waals surface area contributed by atoms with Gasteiger partial charge in [-0.2, -0.15) is 5.26 Å². The molecule has 0 atom stereocenters. The molecule has 8 nitrogen and oxygen atoms in total. The summed E-state index contributed by atoms with van der Waals surface area (Å²) in [4.78, 5) is 15.2. The van der Waals surface area contributed by atoms with Crippen molar-refractivity contribution in [2.24, 2.45) is 0 Å². The molecule has 8 heteroatoms. The van der Waals surface area contributed by atoms with Gasteiger partial charge in [-0.15, -0.1) is 0 Å². The van der Waals surface area contributed by atoms with Crippen molar-refractivity contribution in [1.29, 1.82) is 5.26 Å². The summed E-state index contributed by atoms with van der Waals surface area (Å²) in [6.07, 6.45) is 0. The van der Waals surface area contributed by atoms with Crippen LogP contribution >= 0.6 is 0 Å². The van der Waals surface area contributed by atoms with Crippen molar-refractivity contribution >= 4 is 11.4 Å². The van der Waals surface area contributed by atoms with E-state index in [0.717, 1.165) is 31.9 Å². The second-order valence-electron chi connectivity index (χ2n) is 5.90. The molecule has 1 aromatic carbocycles. The first-order valence-electron chi connectivity index (χ1n) is 7.43. The van der Waals surface area contributed by atoms with Gasteiger partial charge in [0.1, 0.15) is 19.3 Å². The number of ether oxygens (including phenoxy) is 2. The topological polar surface area (TPSA) is 91.9 Å². The molecule has 2 saturated heterocycles. The van der Waals surface area contributed by atoms with Crippen molar-refractivity contribution in [1.82, 2.24) is 4.90 Å². The molecule has 2 fully saturated rings. The van der Waals surface area contributed by atoms with Crippen LogP contribution in [0.5, 0.6) is 5.75 Å². The molecule has 122 valence electrons. The van der Waals surface area contributed by atoms with E-state index in [4.69, 9.17) is 9.47 Å². The van der Waals surface area contributed by atoms with Crippen LogP contribution in [0, 0.1) is 21.4 Å². The first kappa shape index (κ1) is 15.5. The molecule has 0 amide bonds. The van der Waals surface area contributed by atoms with E-state index in [2.05, 4.69) is 16.8 Å². The molecule has 0 radical (unpaired) electrons. The summed E-state index contributed by atoms with van der Waals surface area (Å²) in [5, 5.41) is 20.5. The molecule has 23 heavy (non-hydrogen) atoms. The molecule has 1 aromatic rings. The van der Waals surface area contributed by atoms with Gasteiger partial charge in [-0.05, 0) is 19.2 Å². The first-order valence-corrected chi connectivity index (χ1v) is 7.43. The second-order valence-corrected chi connectivity index (χ2v) is 5.90. The zero-order valence-electron chi connectivity index (χ0n) is 12.9. The van der Waals surface area contributed by atoms with Gasteiger partial charge in [-0.1, -0.05) is 0 Å². The van der Waals surface area contributed by atoms with E-state index in [1.54, 1.807) is 12.1 Å². The average Bonchev–Trinajstić information content (AvgIpc) is 2.51. The van der Waals surface area contributed by atoms with Crippen molar-refractivity contribution < 1.29 is 14.4 Å². The van der Waals surface area contributed by atoms with Gasteiger partial charge in [-0.25, -0.2) is 0 Å². The van der Waals surface area contributed by atoms with Gasteiger partial charge in [0, 0.05) is 37.9 Å². The maximum absolute atomic E-state index is 11.4. The highest BCUT2D eigenvalue weighted by atomic mass is 16.6. The summed E-state index contributed by atoms with van der Waals surface area (Å²) in [6.45, 7) is 3.73. The van der Waals surface area contributed by atoms with E-state index in [1.165, 1.54) is 6.07 Å². The SMILES string of the molecule is CN1CCN(c2ccc(OC3(C#N)COC3)c([N+](=O)[O-])c2)CC1. The number of likely N-dealkylation sites (N-methyl/N-ethyl adjacent to an activating group) is 1. The molecular weight excluding hydrogens is 300 g/mol. The Morgan fingerprint density at radius 3 is 2.57 bits per heavy atom. The first-order chi connectivity index (χ1) is 11.0. The lowest BCUT2D eigenvalue weighted by Crippen LogP contribution is -2.53. The third-order valence-electron chi connectivity index (χ3n) is 4.19. The normalized spacial score (nSPS) is 20.4. The molecule has 2 aliphatic rings. The highest BCUT2D eigenvalue weighted by molar-refractivity contribution is 5.60. The monoisotopic (exact) mass is 318 g/mol. The fourth-order valence-electron chi connectivity index (χ4n) is 2.64. The van der Waals surface area contributed by atoms with Crippen LogP contribution in [0.1, 0.15) is 0 Å². The van der Waals surface area contributed by atoms with Crippen molar-refractivity contribution in [3.8, 4) is 11.8 Å². The van der Waals surface area contributed by atoms with Crippen LogP contribution in [-0.4, -0.2) is 61.9 Å². The van der Waals surface area contributed by atoms with Gasteiger partial charge in [-0.3, -0.25) is 10.1 Å². The number of nitro benzene ring substituents is 1. The molecule has 0 unspecified atom stereocenters. The average molecular weight is 318 g/mol. The summed E-state index contributed by atoms with van der Waals surface area (Å²) in [6, 6.07) is 6.92. The zero-order chi connectivity index (χ0) is 16.4. The predicted octanol–water partition coefficient (Wildman–Crippen LogP) is 1.02. The Balaban J connectivity index is 1.84. The molecular formula is C15H18N4O4. The van der Waals surface area contributed by atoms with Gasteiger partial charge >= 0.3 is 5.69 Å². The van der Waals surface area contributed by atoms with E-state index in [0.29, 0.717) is 0 Å². The molecule has 0 saturated carbocycles. The summed E-state index contributed by atoms with van der Waals surface area (Å²) in [5.74, 6) is 0.109. The van der Waals surface area contributed by atoms with Crippen LogP contribution < -0.4 is 9.64 Å². The van der Waals surface area contributed by atoms with E-state index in [-0.39, 0.29) is 24.7 Å². The van der Waals surface area contributed by atoms with E-state index in [9.17, 15) is 15.4 Å². The standard InChI is InChI=1S/C15H18N4O4/c1-17-4-6-18(7-5-17)12-2-3-14(13(8-12)19(20)21)23-15(9-16)10-22-11-15/h2-3,8H,4-7,10-11H2,1H3. The smallest absolute Gasteiger partial charge is 0.313 e. The third kappa shape index (κ3) is 3.06. The fraction of sp³-hybridized carbons (Fsp3) is 0.533. The van der Waals surface area contributed by atoms with Gasteiger partial charge in [0.25, 0.3) is 0 Å². The van der Waals surface area contributed by atoms with E-state index < -0.39 is 10.5 Å². The van der Waals surface area contributed by atoms with E-state index in [1.807, 2.05) is 6.07 Å². The van der Waals surface area contributed by atoms with Crippen molar-refractivity contribution in [2.45, 2.75) is 5.60 Å². The number of benzene rings is 1. The molecule has 0 aliphatic carbocycles. The maximum atomic E-state index is 11.4. The Kier molecular flexibility index (Phi) is 4.07. The molecule has 2 heterocycles. The second kappa shape index (κ2) is 6.02. The Hall–Kier alpha value is -2.37. The van der Waals surface area contributed by atoms with Gasteiger partial charge in [0.2, 0.25) is 5.60 Å². The number of piperazine rings is 1. The molecule has 0 N–H and O–H groups in total. The number of rotatable bonds is 4. The minimum Gasteiger partial charge on any atom is -0.460 e. The van der Waals surface area contributed by atoms with E-state index >= 15 is 0 Å². The van der Waals surface area contributed by atoms with Crippen LogP contribution in [0.4, 0.5) is 11.4 Å². The Bertz CT molecular complexity index is 645. The largest absolute Gasteiger partial charge is 0.460 e. The van der Waals surface area contributed by atoms with Gasteiger partial charge in [0.05, 0.1) is 4.92 Å². The minimum absolute atomic E-state index is 0.109. The van der Waals surface area contributed by atoms with Crippen molar-refractivity contribution in [3.63, 3.8) is 0 Å². The number of hydrogen-bond donors (Lipinski definition) is 0. The van der Waals surface area contributed by atoms with Crippen molar-refractivity contribution in [3.05, 3.63) is 28.3 Å². The molecule has 0 spiro atoms. The molecule has 2 aliphatic heterocycles. The Morgan fingerprint density at radius 2 is 2.04 bits per heavy atom. The Labute approximate surface area is 133 Å². The number of anilines is 1. The van der Waals surface area contributed by atoms with Gasteiger partial charge < -0.3 is 19.3 Å². The lowest BCUT2D eigenvalue weighted by atomic mass is 10.0. The van der Waals surface area contributed by atoms with Crippen molar-refractivity contribution in [2.75, 3.05) is 51.3 Å². The van der Waals surface area contributed by atoms with Gasteiger partial charge in [0.15, 0.2) is 5.75 Å². The lowest BCUT2D eigenvalue weighted by Gasteiger charge is -2.35. The number of nitro groups is 1. The van der Waals surface area contributed by atoms with Crippen LogP contribution in [0.2, 0.25) is 0 Å². The molecule has 0 bridgehead atoms. The van der Waals surface area contributed by atoms with Crippen LogP contribution in [0.15, 0.2) is 18.2 Å². The Morgan fingerprint density at radius 1 is 1.35 bits per heavy atom. The summed E-state index contributed by atoms with van der Waals surface area (Å²) in [5.41, 5.74) is -0.434. The third-order valence-corrected chi connectivity index (χ3v) is 4.19. The van der Waals surface area contributed by atoms with Crippen LogP contribution in [0.25, 0.3) is 0 Å². The lowest BCUT2D eigenvalue weighted by molar-refractivity contribution is -0.386. The number of hydrogen-bond acceptors (Lipinski definition) is 7. The summed E-state index contributed by atoms with van der Waals surface area (Å²) >= 11 is 0. The predicted molar refractivity (Wildman–Crippen MR) is 82.6 cm³/mol. The van der Waals surface area contributed by atoms with Crippen LogP contribution in [0.3, 0.4) is 0 Å².